The minimum Gasteiger partial charge on any atom is -0.346 e. The molecule has 0 radical (unpaired) electrons. The van der Waals surface area contributed by atoms with Crippen LogP contribution in [0.4, 0.5) is 4.39 Å². The van der Waals surface area contributed by atoms with Gasteiger partial charge in [0.05, 0.1) is 6.04 Å². The summed E-state index contributed by atoms with van der Waals surface area (Å²) < 4.78 is 13.2. The first-order valence-corrected chi connectivity index (χ1v) is 7.94. The molecule has 2 aromatic carbocycles. The van der Waals surface area contributed by atoms with E-state index in [-0.39, 0.29) is 17.8 Å². The number of benzene rings is 2. The summed E-state index contributed by atoms with van der Waals surface area (Å²) in [5, 5.41) is 2.93. The second kappa shape index (κ2) is 6.76. The normalized spacial score (nSPS) is 12.0. The van der Waals surface area contributed by atoms with E-state index in [0.717, 1.165) is 5.56 Å². The molecule has 21 heavy (non-hydrogen) atoms. The number of nitrogens with one attached hydrogen (secondary N) is 1. The molecule has 0 bridgehead atoms. The van der Waals surface area contributed by atoms with Crippen molar-refractivity contribution in [3.05, 3.63) is 65.0 Å². The topological polar surface area (TPSA) is 29.1 Å². The van der Waals surface area contributed by atoms with Crippen molar-refractivity contribution in [3.63, 3.8) is 0 Å². The monoisotopic (exact) mass is 303 g/mol. The summed E-state index contributed by atoms with van der Waals surface area (Å²) >= 11 is 1.68. The number of thioether (sulfide) groups is 1. The first kappa shape index (κ1) is 15.6. The lowest BCUT2D eigenvalue weighted by Gasteiger charge is -2.15. The van der Waals surface area contributed by atoms with Gasteiger partial charge in [-0.1, -0.05) is 12.1 Å². The van der Waals surface area contributed by atoms with E-state index in [1.807, 2.05) is 37.4 Å². The SMILES string of the molecule is CSc1ccc(C(C)NC(=O)c2ccc(F)c(C)c2)cc1. The van der Waals surface area contributed by atoms with Gasteiger partial charge in [-0.25, -0.2) is 4.39 Å². The van der Waals surface area contributed by atoms with E-state index in [2.05, 4.69) is 5.32 Å². The molecular weight excluding hydrogens is 285 g/mol. The molecule has 2 rings (SSSR count). The van der Waals surface area contributed by atoms with E-state index in [1.54, 1.807) is 24.8 Å². The van der Waals surface area contributed by atoms with E-state index in [9.17, 15) is 9.18 Å². The van der Waals surface area contributed by atoms with Crippen LogP contribution in [-0.2, 0) is 0 Å². The zero-order valence-electron chi connectivity index (χ0n) is 12.3. The highest BCUT2D eigenvalue weighted by Crippen LogP contribution is 2.19. The summed E-state index contributed by atoms with van der Waals surface area (Å²) in [6.07, 6.45) is 2.02. The molecule has 0 aliphatic rings. The molecule has 2 aromatic rings. The van der Waals surface area contributed by atoms with Crippen LogP contribution in [0.1, 0.15) is 34.5 Å². The summed E-state index contributed by atoms with van der Waals surface area (Å²) in [7, 11) is 0. The van der Waals surface area contributed by atoms with Gasteiger partial charge < -0.3 is 5.32 Å². The number of halogens is 1. The van der Waals surface area contributed by atoms with E-state index in [4.69, 9.17) is 0 Å². The fourth-order valence-corrected chi connectivity index (χ4v) is 2.45. The van der Waals surface area contributed by atoms with Gasteiger partial charge in [-0.2, -0.15) is 0 Å². The molecule has 0 saturated carbocycles. The maximum Gasteiger partial charge on any atom is 0.251 e. The average Bonchev–Trinajstić information content (AvgIpc) is 2.50. The van der Waals surface area contributed by atoms with E-state index >= 15 is 0 Å². The van der Waals surface area contributed by atoms with Crippen LogP contribution in [0.2, 0.25) is 0 Å². The summed E-state index contributed by atoms with van der Waals surface area (Å²) in [5.74, 6) is -0.494. The first-order valence-electron chi connectivity index (χ1n) is 6.72. The fourth-order valence-electron chi connectivity index (χ4n) is 2.04. The van der Waals surface area contributed by atoms with Crippen LogP contribution in [0, 0.1) is 12.7 Å². The second-order valence-electron chi connectivity index (χ2n) is 4.93. The Balaban J connectivity index is 2.08. The Bertz CT molecular complexity index is 640. The summed E-state index contributed by atoms with van der Waals surface area (Å²) in [5.41, 5.74) is 1.99. The van der Waals surface area contributed by atoms with Gasteiger partial charge in [0.2, 0.25) is 0 Å². The van der Waals surface area contributed by atoms with Crippen LogP contribution in [0.3, 0.4) is 0 Å². The molecule has 1 amide bonds. The van der Waals surface area contributed by atoms with Gasteiger partial charge in [-0.05, 0) is 61.6 Å². The Morgan fingerprint density at radius 3 is 2.43 bits per heavy atom. The lowest BCUT2D eigenvalue weighted by molar-refractivity contribution is 0.0939. The minimum absolute atomic E-state index is 0.0984. The maximum atomic E-state index is 13.2. The molecule has 1 unspecified atom stereocenters. The molecule has 0 aromatic heterocycles. The Hall–Kier alpha value is -1.81. The van der Waals surface area contributed by atoms with Gasteiger partial charge in [0.25, 0.3) is 5.91 Å². The van der Waals surface area contributed by atoms with Crippen LogP contribution >= 0.6 is 11.8 Å². The Morgan fingerprint density at radius 2 is 1.86 bits per heavy atom. The van der Waals surface area contributed by atoms with E-state index in [1.165, 1.54) is 17.0 Å². The average molecular weight is 303 g/mol. The third kappa shape index (κ3) is 3.85. The van der Waals surface area contributed by atoms with Crippen LogP contribution < -0.4 is 5.32 Å². The number of carbonyl (C=O) groups excluding carboxylic acids is 1. The van der Waals surface area contributed by atoms with Crippen molar-refractivity contribution in [2.75, 3.05) is 6.26 Å². The minimum atomic E-state index is -0.299. The molecule has 0 spiro atoms. The number of amides is 1. The Labute approximate surface area is 128 Å². The largest absolute Gasteiger partial charge is 0.346 e. The van der Waals surface area contributed by atoms with Crippen molar-refractivity contribution in [2.24, 2.45) is 0 Å². The Kier molecular flexibility index (Phi) is 5.02. The zero-order valence-corrected chi connectivity index (χ0v) is 13.1. The second-order valence-corrected chi connectivity index (χ2v) is 5.81. The molecule has 0 aliphatic carbocycles. The van der Waals surface area contributed by atoms with Crippen LogP contribution in [0.5, 0.6) is 0 Å². The van der Waals surface area contributed by atoms with Gasteiger partial charge in [0, 0.05) is 10.5 Å². The summed E-state index contributed by atoms with van der Waals surface area (Å²) in [4.78, 5) is 13.4. The zero-order chi connectivity index (χ0) is 15.4. The number of rotatable bonds is 4. The third-order valence-corrected chi connectivity index (χ3v) is 4.13. The third-order valence-electron chi connectivity index (χ3n) is 3.38. The standard InChI is InChI=1S/C17H18FNOS/c1-11-10-14(6-9-16(11)18)17(20)19-12(2)13-4-7-15(21-3)8-5-13/h4-10,12H,1-3H3,(H,19,20). The number of hydrogen-bond acceptors (Lipinski definition) is 2. The smallest absolute Gasteiger partial charge is 0.251 e. The molecule has 0 aliphatic heterocycles. The predicted molar refractivity (Wildman–Crippen MR) is 85.2 cm³/mol. The van der Waals surface area contributed by atoms with Crippen molar-refractivity contribution in [3.8, 4) is 0 Å². The van der Waals surface area contributed by atoms with Gasteiger partial charge in [-0.3, -0.25) is 4.79 Å². The molecular formula is C17H18FNOS. The van der Waals surface area contributed by atoms with Crippen molar-refractivity contribution in [1.29, 1.82) is 0 Å². The highest BCUT2D eigenvalue weighted by atomic mass is 32.2. The molecule has 1 atom stereocenters. The first-order chi connectivity index (χ1) is 10.0. The molecule has 2 nitrogen and oxygen atoms in total. The number of hydrogen-bond donors (Lipinski definition) is 1. The Morgan fingerprint density at radius 1 is 1.19 bits per heavy atom. The maximum absolute atomic E-state index is 13.2. The molecule has 1 N–H and O–H groups in total. The van der Waals surface area contributed by atoms with Crippen molar-refractivity contribution < 1.29 is 9.18 Å². The quantitative estimate of drug-likeness (QED) is 0.851. The number of aryl methyl sites for hydroxylation is 1. The lowest BCUT2D eigenvalue weighted by Crippen LogP contribution is -2.26. The molecule has 0 saturated heterocycles. The van der Waals surface area contributed by atoms with E-state index in [0.29, 0.717) is 11.1 Å². The fraction of sp³-hybridized carbons (Fsp3) is 0.235. The van der Waals surface area contributed by atoms with E-state index < -0.39 is 0 Å². The lowest BCUT2D eigenvalue weighted by atomic mass is 10.1. The van der Waals surface area contributed by atoms with Gasteiger partial charge in [-0.15, -0.1) is 11.8 Å². The molecule has 0 fully saturated rings. The summed E-state index contributed by atoms with van der Waals surface area (Å²) in [6.45, 7) is 3.58. The predicted octanol–water partition coefficient (Wildman–Crippen LogP) is 4.35. The van der Waals surface area contributed by atoms with Crippen LogP contribution in [-0.4, -0.2) is 12.2 Å². The molecule has 4 heteroatoms. The summed E-state index contributed by atoms with van der Waals surface area (Å²) in [6, 6.07) is 12.4. The van der Waals surface area contributed by atoms with Gasteiger partial charge in [0.1, 0.15) is 5.82 Å². The van der Waals surface area contributed by atoms with Crippen molar-refractivity contribution in [2.45, 2.75) is 24.8 Å². The van der Waals surface area contributed by atoms with Crippen molar-refractivity contribution in [1.82, 2.24) is 5.32 Å². The highest BCUT2D eigenvalue weighted by Gasteiger charge is 2.12. The molecule has 110 valence electrons. The van der Waals surface area contributed by atoms with Crippen LogP contribution in [0.25, 0.3) is 0 Å². The molecule has 0 heterocycles. The number of carbonyl (C=O) groups is 1. The highest BCUT2D eigenvalue weighted by molar-refractivity contribution is 7.98. The van der Waals surface area contributed by atoms with Gasteiger partial charge >= 0.3 is 0 Å². The van der Waals surface area contributed by atoms with Crippen molar-refractivity contribution >= 4 is 17.7 Å². The van der Waals surface area contributed by atoms with Gasteiger partial charge in [0.15, 0.2) is 0 Å². The van der Waals surface area contributed by atoms with Crippen LogP contribution in [0.15, 0.2) is 47.4 Å².